The van der Waals surface area contributed by atoms with E-state index < -0.39 is 11.6 Å². The average Bonchev–Trinajstić information content (AvgIpc) is 3.36. The lowest BCUT2D eigenvalue weighted by molar-refractivity contribution is 0.218. The van der Waals surface area contributed by atoms with E-state index in [0.717, 1.165) is 18.9 Å². The maximum Gasteiger partial charge on any atom is 0.249 e. The van der Waals surface area contributed by atoms with Gasteiger partial charge in [-0.05, 0) is 31.0 Å². The zero-order chi connectivity index (χ0) is 18.1. The minimum absolute atomic E-state index is 0.343. The van der Waals surface area contributed by atoms with E-state index in [9.17, 15) is 8.78 Å². The molecule has 3 aromatic rings. The Morgan fingerprint density at radius 2 is 1.88 bits per heavy atom. The van der Waals surface area contributed by atoms with Crippen LogP contribution in [-0.4, -0.2) is 21.1 Å². The normalized spacial score (nSPS) is 14.2. The molecule has 2 aromatic carbocycles. The Bertz CT molecular complexity index is 927. The van der Waals surface area contributed by atoms with Gasteiger partial charge in [0.15, 0.2) is 0 Å². The Labute approximate surface area is 154 Å². The van der Waals surface area contributed by atoms with Gasteiger partial charge in [0.1, 0.15) is 11.6 Å². The van der Waals surface area contributed by atoms with Crippen LogP contribution in [0.4, 0.5) is 8.78 Å². The van der Waals surface area contributed by atoms with Crippen molar-refractivity contribution >= 4 is 11.6 Å². The van der Waals surface area contributed by atoms with Crippen molar-refractivity contribution in [2.75, 3.05) is 0 Å². The molecule has 0 atom stereocenters. The molecule has 0 bridgehead atoms. The van der Waals surface area contributed by atoms with Crippen molar-refractivity contribution in [3.8, 4) is 11.5 Å². The standard InChI is InChI=1S/C19H16ClF2N3O/c20-16-4-2-1-3-15(16)19-24-23-18(26-19)11-25(14-7-8-14)10-12-5-6-13(21)9-17(12)22/h1-6,9,14H,7-8,10-11H2. The van der Waals surface area contributed by atoms with Crippen LogP contribution in [-0.2, 0) is 13.1 Å². The van der Waals surface area contributed by atoms with E-state index in [-0.39, 0.29) is 0 Å². The Balaban J connectivity index is 1.52. The largest absolute Gasteiger partial charge is 0.419 e. The highest BCUT2D eigenvalue weighted by Gasteiger charge is 2.31. The lowest BCUT2D eigenvalue weighted by atomic mass is 10.2. The minimum atomic E-state index is -0.578. The first-order chi connectivity index (χ1) is 12.6. The molecule has 1 aromatic heterocycles. The number of halogens is 3. The van der Waals surface area contributed by atoms with Crippen molar-refractivity contribution in [3.63, 3.8) is 0 Å². The lowest BCUT2D eigenvalue weighted by Crippen LogP contribution is -2.25. The molecule has 4 nitrogen and oxygen atoms in total. The number of benzene rings is 2. The summed E-state index contributed by atoms with van der Waals surface area (Å²) in [6.07, 6.45) is 2.07. The summed E-state index contributed by atoms with van der Waals surface area (Å²) in [5.41, 5.74) is 1.12. The molecule has 4 rings (SSSR count). The van der Waals surface area contributed by atoms with Crippen LogP contribution in [0.15, 0.2) is 46.9 Å². The molecule has 0 spiro atoms. The van der Waals surface area contributed by atoms with Gasteiger partial charge in [-0.2, -0.15) is 0 Å². The van der Waals surface area contributed by atoms with Crippen LogP contribution in [0, 0.1) is 11.6 Å². The summed E-state index contributed by atoms with van der Waals surface area (Å²) in [4.78, 5) is 2.07. The van der Waals surface area contributed by atoms with E-state index in [1.807, 2.05) is 18.2 Å². The van der Waals surface area contributed by atoms with E-state index in [1.165, 1.54) is 12.1 Å². The summed E-state index contributed by atoms with van der Waals surface area (Å²) < 4.78 is 32.8. The topological polar surface area (TPSA) is 42.2 Å². The maximum absolute atomic E-state index is 14.0. The molecule has 0 radical (unpaired) electrons. The molecule has 0 unspecified atom stereocenters. The number of hydrogen-bond donors (Lipinski definition) is 0. The highest BCUT2D eigenvalue weighted by atomic mass is 35.5. The number of aromatic nitrogens is 2. The third-order valence-electron chi connectivity index (χ3n) is 4.36. The molecule has 1 saturated carbocycles. The van der Waals surface area contributed by atoms with Crippen molar-refractivity contribution < 1.29 is 13.2 Å². The monoisotopic (exact) mass is 375 g/mol. The molecule has 0 aliphatic heterocycles. The Morgan fingerprint density at radius 1 is 1.08 bits per heavy atom. The Morgan fingerprint density at radius 3 is 2.62 bits per heavy atom. The van der Waals surface area contributed by atoms with Gasteiger partial charge in [0, 0.05) is 24.2 Å². The molecule has 1 aliphatic carbocycles. The zero-order valence-corrected chi connectivity index (χ0v) is 14.6. The molecule has 1 fully saturated rings. The number of rotatable bonds is 6. The lowest BCUT2D eigenvalue weighted by Gasteiger charge is -2.20. The molecular formula is C19H16ClF2N3O. The van der Waals surface area contributed by atoms with Gasteiger partial charge >= 0.3 is 0 Å². The summed E-state index contributed by atoms with van der Waals surface area (Å²) in [7, 11) is 0. The minimum Gasteiger partial charge on any atom is -0.419 e. The van der Waals surface area contributed by atoms with E-state index in [4.69, 9.17) is 16.0 Å². The van der Waals surface area contributed by atoms with Gasteiger partial charge in [-0.1, -0.05) is 29.8 Å². The Kier molecular flexibility index (Phi) is 4.70. The van der Waals surface area contributed by atoms with E-state index in [0.29, 0.717) is 47.1 Å². The highest BCUT2D eigenvalue weighted by molar-refractivity contribution is 6.33. The SMILES string of the molecule is Fc1ccc(CN(Cc2nnc(-c3ccccc3Cl)o2)C2CC2)c(F)c1. The van der Waals surface area contributed by atoms with Gasteiger partial charge < -0.3 is 4.42 Å². The summed E-state index contributed by atoms with van der Waals surface area (Å²) in [6.45, 7) is 0.763. The summed E-state index contributed by atoms with van der Waals surface area (Å²) in [6, 6.07) is 11.2. The first kappa shape index (κ1) is 17.1. The fraction of sp³-hybridized carbons (Fsp3) is 0.263. The first-order valence-electron chi connectivity index (χ1n) is 8.35. The molecule has 134 valence electrons. The van der Waals surface area contributed by atoms with Gasteiger partial charge in [-0.3, -0.25) is 4.90 Å². The second kappa shape index (κ2) is 7.13. The number of hydrogen-bond acceptors (Lipinski definition) is 4. The molecule has 1 aliphatic rings. The van der Waals surface area contributed by atoms with Crippen LogP contribution in [0.1, 0.15) is 24.3 Å². The molecule has 1 heterocycles. The molecule has 7 heteroatoms. The second-order valence-electron chi connectivity index (χ2n) is 6.35. The third kappa shape index (κ3) is 3.76. The van der Waals surface area contributed by atoms with Gasteiger partial charge in [-0.25, -0.2) is 8.78 Å². The van der Waals surface area contributed by atoms with Crippen molar-refractivity contribution in [1.29, 1.82) is 0 Å². The van der Waals surface area contributed by atoms with E-state index in [1.54, 1.807) is 6.07 Å². The quantitative estimate of drug-likeness (QED) is 0.618. The zero-order valence-electron chi connectivity index (χ0n) is 13.8. The fourth-order valence-electron chi connectivity index (χ4n) is 2.86. The number of nitrogens with zero attached hydrogens (tertiary/aromatic N) is 3. The first-order valence-corrected chi connectivity index (χ1v) is 8.73. The second-order valence-corrected chi connectivity index (χ2v) is 6.76. The molecular weight excluding hydrogens is 360 g/mol. The van der Waals surface area contributed by atoms with Crippen LogP contribution in [0.25, 0.3) is 11.5 Å². The van der Waals surface area contributed by atoms with E-state index >= 15 is 0 Å². The molecule has 0 N–H and O–H groups in total. The van der Waals surface area contributed by atoms with Gasteiger partial charge in [-0.15, -0.1) is 10.2 Å². The summed E-state index contributed by atoms with van der Waals surface area (Å²) in [5, 5.41) is 8.69. The van der Waals surface area contributed by atoms with Crippen molar-refractivity contribution in [1.82, 2.24) is 15.1 Å². The van der Waals surface area contributed by atoms with E-state index in [2.05, 4.69) is 15.1 Å². The molecule has 0 saturated heterocycles. The van der Waals surface area contributed by atoms with Crippen molar-refractivity contribution in [3.05, 3.63) is 70.6 Å². The van der Waals surface area contributed by atoms with Crippen molar-refractivity contribution in [2.24, 2.45) is 0 Å². The third-order valence-corrected chi connectivity index (χ3v) is 4.69. The van der Waals surface area contributed by atoms with Crippen LogP contribution < -0.4 is 0 Å². The highest BCUT2D eigenvalue weighted by Crippen LogP contribution is 2.31. The van der Waals surface area contributed by atoms with Crippen LogP contribution in [0.5, 0.6) is 0 Å². The predicted molar refractivity (Wildman–Crippen MR) is 93.4 cm³/mol. The smallest absolute Gasteiger partial charge is 0.249 e. The Hall–Kier alpha value is -2.31. The van der Waals surface area contributed by atoms with Gasteiger partial charge in [0.2, 0.25) is 11.8 Å². The van der Waals surface area contributed by atoms with Gasteiger partial charge in [0.25, 0.3) is 0 Å². The molecule has 26 heavy (non-hydrogen) atoms. The summed E-state index contributed by atoms with van der Waals surface area (Å²) in [5.74, 6) is -0.327. The summed E-state index contributed by atoms with van der Waals surface area (Å²) >= 11 is 6.16. The fourth-order valence-corrected chi connectivity index (χ4v) is 3.07. The van der Waals surface area contributed by atoms with Crippen LogP contribution in [0.2, 0.25) is 5.02 Å². The van der Waals surface area contributed by atoms with Crippen LogP contribution in [0.3, 0.4) is 0 Å². The van der Waals surface area contributed by atoms with Crippen LogP contribution >= 0.6 is 11.6 Å². The van der Waals surface area contributed by atoms with Crippen molar-refractivity contribution in [2.45, 2.75) is 32.0 Å². The predicted octanol–water partition coefficient (Wildman–Crippen LogP) is 4.83. The molecule has 0 amide bonds. The average molecular weight is 376 g/mol. The van der Waals surface area contributed by atoms with Gasteiger partial charge in [0.05, 0.1) is 17.1 Å². The maximum atomic E-state index is 14.0.